The van der Waals surface area contributed by atoms with Crippen LogP contribution in [0.5, 0.6) is 0 Å². The molecule has 9 heteroatoms. The van der Waals surface area contributed by atoms with Crippen molar-refractivity contribution in [1.82, 2.24) is 14.7 Å². The van der Waals surface area contributed by atoms with Gasteiger partial charge in [0, 0.05) is 6.54 Å². The maximum atomic E-state index is 13.7. The van der Waals surface area contributed by atoms with E-state index in [2.05, 4.69) is 16.2 Å². The second kappa shape index (κ2) is 9.94. The van der Waals surface area contributed by atoms with Crippen LogP contribution in [0.3, 0.4) is 0 Å². The van der Waals surface area contributed by atoms with E-state index in [1.807, 2.05) is 30.3 Å². The second-order valence-corrected chi connectivity index (χ2v) is 8.58. The number of nitrogens with zero attached hydrogens (tertiary/aromatic N) is 3. The van der Waals surface area contributed by atoms with Gasteiger partial charge in [-0.15, -0.1) is 0 Å². The predicted octanol–water partition coefficient (Wildman–Crippen LogP) is 3.31. The summed E-state index contributed by atoms with van der Waals surface area (Å²) in [4.78, 5) is 43.0. The molecule has 3 N–H and O–H groups in total. The van der Waals surface area contributed by atoms with E-state index in [-0.39, 0.29) is 30.2 Å². The van der Waals surface area contributed by atoms with Crippen LogP contribution in [0.2, 0.25) is 0 Å². The Kier molecular flexibility index (Phi) is 6.81. The van der Waals surface area contributed by atoms with Gasteiger partial charge in [-0.1, -0.05) is 47.1 Å². The fourth-order valence-electron chi connectivity index (χ4n) is 4.39. The quantitative estimate of drug-likeness (QED) is 0.518. The molecule has 2 heterocycles. The standard InChI is InChI=1S/C25H29N5O4/c1-16-20(17(2)34-28-16)24(32)29(14-13-18-9-5-3-6-10-18)21-22(26)30(25(33)27-23(21)31)15-19-11-7-4-8-12-19/h4,7-9,11-12H,3,5-6,10,13-15,26H2,1-2H3,(H,27,31,33). The van der Waals surface area contributed by atoms with Crippen molar-refractivity contribution in [3.05, 3.63) is 85.4 Å². The molecule has 9 nitrogen and oxygen atoms in total. The van der Waals surface area contributed by atoms with Gasteiger partial charge in [-0.05, 0) is 51.5 Å². The summed E-state index contributed by atoms with van der Waals surface area (Å²) in [5, 5.41) is 3.89. The van der Waals surface area contributed by atoms with Gasteiger partial charge in [0.2, 0.25) is 0 Å². The predicted molar refractivity (Wildman–Crippen MR) is 130 cm³/mol. The number of hydrogen-bond donors (Lipinski definition) is 2. The Bertz CT molecular complexity index is 1310. The Morgan fingerprint density at radius 1 is 1.21 bits per heavy atom. The average Bonchev–Trinajstić information content (AvgIpc) is 3.17. The molecule has 0 unspecified atom stereocenters. The van der Waals surface area contributed by atoms with Crippen LogP contribution >= 0.6 is 0 Å². The highest BCUT2D eigenvalue weighted by molar-refractivity contribution is 6.08. The normalized spacial score (nSPS) is 13.5. The van der Waals surface area contributed by atoms with Crippen LogP contribution in [-0.2, 0) is 6.54 Å². The Morgan fingerprint density at radius 2 is 1.97 bits per heavy atom. The zero-order valence-corrected chi connectivity index (χ0v) is 19.5. The highest BCUT2D eigenvalue weighted by Crippen LogP contribution is 2.26. The third kappa shape index (κ3) is 4.73. The summed E-state index contributed by atoms with van der Waals surface area (Å²) in [6.45, 7) is 3.73. The maximum absolute atomic E-state index is 13.7. The van der Waals surface area contributed by atoms with Crippen LogP contribution in [-0.4, -0.2) is 27.2 Å². The van der Waals surface area contributed by atoms with Crippen LogP contribution in [0.25, 0.3) is 0 Å². The number of aromatic nitrogens is 3. The molecule has 178 valence electrons. The summed E-state index contributed by atoms with van der Waals surface area (Å²) in [5.74, 6) is -0.137. The third-order valence-corrected chi connectivity index (χ3v) is 6.20. The van der Waals surface area contributed by atoms with E-state index in [9.17, 15) is 14.4 Å². The number of carbonyl (C=O) groups excluding carboxylic acids is 1. The van der Waals surface area contributed by atoms with Crippen molar-refractivity contribution in [2.75, 3.05) is 17.2 Å². The molecule has 0 bridgehead atoms. The van der Waals surface area contributed by atoms with E-state index in [4.69, 9.17) is 10.3 Å². The highest BCUT2D eigenvalue weighted by Gasteiger charge is 2.29. The average molecular weight is 464 g/mol. The molecule has 3 aromatic rings. The van der Waals surface area contributed by atoms with E-state index in [0.29, 0.717) is 17.9 Å². The summed E-state index contributed by atoms with van der Waals surface area (Å²) >= 11 is 0. The summed E-state index contributed by atoms with van der Waals surface area (Å²) in [5.41, 5.74) is 7.83. The van der Waals surface area contributed by atoms with Gasteiger partial charge >= 0.3 is 5.69 Å². The number of anilines is 2. The molecule has 2 aromatic heterocycles. The number of aryl methyl sites for hydroxylation is 2. The fraction of sp³-hybridized carbons (Fsp3) is 0.360. The zero-order valence-electron chi connectivity index (χ0n) is 19.5. The topological polar surface area (TPSA) is 127 Å². The molecule has 0 fully saturated rings. The van der Waals surface area contributed by atoms with Gasteiger partial charge in [0.25, 0.3) is 11.5 Å². The number of hydrogen-bond acceptors (Lipinski definition) is 6. The van der Waals surface area contributed by atoms with Gasteiger partial charge < -0.3 is 10.3 Å². The van der Waals surface area contributed by atoms with Crippen molar-refractivity contribution in [2.45, 2.75) is 52.5 Å². The second-order valence-electron chi connectivity index (χ2n) is 8.58. The number of nitrogen functional groups attached to an aromatic ring is 1. The first-order valence-electron chi connectivity index (χ1n) is 11.5. The van der Waals surface area contributed by atoms with E-state index in [1.54, 1.807) is 13.8 Å². The van der Waals surface area contributed by atoms with E-state index < -0.39 is 17.2 Å². The molecular formula is C25H29N5O4. The lowest BCUT2D eigenvalue weighted by Gasteiger charge is -2.25. The number of nitrogens with one attached hydrogen (secondary N) is 1. The fourth-order valence-corrected chi connectivity index (χ4v) is 4.39. The highest BCUT2D eigenvalue weighted by atomic mass is 16.5. The first kappa shape index (κ1) is 23.3. The van der Waals surface area contributed by atoms with Crippen molar-refractivity contribution in [1.29, 1.82) is 0 Å². The Morgan fingerprint density at radius 3 is 2.62 bits per heavy atom. The van der Waals surface area contributed by atoms with Crippen molar-refractivity contribution in [2.24, 2.45) is 0 Å². The Labute approximate surface area is 196 Å². The van der Waals surface area contributed by atoms with E-state index in [0.717, 1.165) is 31.2 Å². The number of aromatic amines is 1. The van der Waals surface area contributed by atoms with Crippen LogP contribution in [0, 0.1) is 13.8 Å². The van der Waals surface area contributed by atoms with Gasteiger partial charge in [0.05, 0.1) is 12.2 Å². The van der Waals surface area contributed by atoms with Gasteiger partial charge in [-0.25, -0.2) is 4.79 Å². The Hall–Kier alpha value is -3.88. The van der Waals surface area contributed by atoms with Crippen LogP contribution < -0.4 is 21.9 Å². The van der Waals surface area contributed by atoms with Crippen molar-refractivity contribution in [3.63, 3.8) is 0 Å². The number of amides is 1. The van der Waals surface area contributed by atoms with Crippen molar-refractivity contribution < 1.29 is 9.32 Å². The zero-order chi connectivity index (χ0) is 24.2. The van der Waals surface area contributed by atoms with Gasteiger partial charge in [-0.3, -0.25) is 24.0 Å². The number of carbonyl (C=O) groups is 1. The maximum Gasteiger partial charge on any atom is 0.330 e. The summed E-state index contributed by atoms with van der Waals surface area (Å²) < 4.78 is 6.48. The first-order chi connectivity index (χ1) is 16.4. The molecule has 1 aliphatic rings. The molecule has 1 amide bonds. The number of benzene rings is 1. The minimum Gasteiger partial charge on any atom is -0.383 e. The minimum atomic E-state index is -0.704. The largest absolute Gasteiger partial charge is 0.383 e. The van der Waals surface area contributed by atoms with Crippen LogP contribution in [0.1, 0.15) is 59.5 Å². The van der Waals surface area contributed by atoms with Gasteiger partial charge in [-0.2, -0.15) is 0 Å². The minimum absolute atomic E-state index is 0.0445. The molecule has 0 atom stereocenters. The molecule has 0 aliphatic heterocycles. The molecule has 1 aromatic carbocycles. The third-order valence-electron chi connectivity index (χ3n) is 6.20. The van der Waals surface area contributed by atoms with Crippen molar-refractivity contribution >= 4 is 17.4 Å². The summed E-state index contributed by atoms with van der Waals surface area (Å²) in [7, 11) is 0. The lowest BCUT2D eigenvalue weighted by molar-refractivity contribution is 0.0985. The van der Waals surface area contributed by atoms with E-state index >= 15 is 0 Å². The SMILES string of the molecule is Cc1noc(C)c1C(=O)N(CCC1=CCCCC1)c1c(N)n(Cc2ccccc2)c(=O)[nH]c1=O. The smallest absolute Gasteiger partial charge is 0.330 e. The number of H-pyrrole nitrogens is 1. The molecule has 0 spiro atoms. The number of allylic oxidation sites excluding steroid dienone is 1. The van der Waals surface area contributed by atoms with Crippen LogP contribution in [0.15, 0.2) is 56.1 Å². The van der Waals surface area contributed by atoms with Gasteiger partial charge in [0.1, 0.15) is 17.1 Å². The number of nitrogens with two attached hydrogens (primary N) is 1. The van der Waals surface area contributed by atoms with E-state index in [1.165, 1.54) is 15.0 Å². The first-order valence-corrected chi connectivity index (χ1v) is 11.5. The molecule has 0 radical (unpaired) electrons. The molecular weight excluding hydrogens is 434 g/mol. The molecule has 4 rings (SSSR count). The van der Waals surface area contributed by atoms with Gasteiger partial charge in [0.15, 0.2) is 5.69 Å². The van der Waals surface area contributed by atoms with Crippen molar-refractivity contribution in [3.8, 4) is 0 Å². The summed E-state index contributed by atoms with van der Waals surface area (Å²) in [6, 6.07) is 9.30. The molecule has 0 saturated carbocycles. The molecule has 1 aliphatic carbocycles. The van der Waals surface area contributed by atoms with Crippen LogP contribution in [0.4, 0.5) is 11.5 Å². The lowest BCUT2D eigenvalue weighted by Crippen LogP contribution is -2.42. The Balaban J connectivity index is 1.79. The monoisotopic (exact) mass is 463 g/mol. The summed E-state index contributed by atoms with van der Waals surface area (Å²) in [6.07, 6.45) is 7.04. The lowest BCUT2D eigenvalue weighted by atomic mass is 9.97. The molecule has 34 heavy (non-hydrogen) atoms. The number of rotatable bonds is 7. The molecule has 0 saturated heterocycles.